The summed E-state index contributed by atoms with van der Waals surface area (Å²) in [5, 5.41) is 0. The van der Waals surface area contributed by atoms with Crippen molar-refractivity contribution < 1.29 is 23.5 Å². The Balaban J connectivity index is 1.24. The first-order valence-corrected chi connectivity index (χ1v) is 13.7. The highest BCUT2D eigenvalue weighted by Crippen LogP contribution is 2.48. The summed E-state index contributed by atoms with van der Waals surface area (Å²) in [5.41, 5.74) is 1.21. The Labute approximate surface area is 219 Å². The Morgan fingerprint density at radius 1 is 1.00 bits per heavy atom. The lowest BCUT2D eigenvalue weighted by Crippen LogP contribution is -2.46. The fourth-order valence-electron chi connectivity index (χ4n) is 5.49. The minimum atomic E-state index is -0.0523. The molecule has 5 rings (SSSR count). The van der Waals surface area contributed by atoms with E-state index in [9.17, 15) is 9.59 Å². The summed E-state index contributed by atoms with van der Waals surface area (Å²) in [4.78, 5) is 33.3. The molecule has 3 atom stereocenters. The summed E-state index contributed by atoms with van der Waals surface area (Å²) in [5.74, 6) is 0.984. The Morgan fingerprint density at radius 2 is 1.84 bits per heavy atom. The zero-order chi connectivity index (χ0) is 25.5. The van der Waals surface area contributed by atoms with E-state index in [4.69, 9.17) is 13.9 Å². The summed E-state index contributed by atoms with van der Waals surface area (Å²) in [7, 11) is 0. The van der Waals surface area contributed by atoms with E-state index >= 15 is 0 Å². The van der Waals surface area contributed by atoms with E-state index in [1.807, 2.05) is 30.3 Å². The normalized spacial score (nSPS) is 23.6. The molecule has 2 amide bonds. The van der Waals surface area contributed by atoms with Crippen LogP contribution in [0.1, 0.15) is 42.9 Å². The van der Waals surface area contributed by atoms with Crippen molar-refractivity contribution in [1.82, 2.24) is 14.7 Å². The number of furan rings is 1. The van der Waals surface area contributed by atoms with Gasteiger partial charge in [0.15, 0.2) is 0 Å². The molecule has 0 N–H and O–H groups in total. The van der Waals surface area contributed by atoms with Gasteiger partial charge in [0.2, 0.25) is 11.8 Å². The molecule has 1 aliphatic carbocycles. The molecule has 200 valence electrons. The number of hydrogen-bond acceptors (Lipinski definition) is 6. The molecule has 0 bridgehead atoms. The summed E-state index contributed by atoms with van der Waals surface area (Å²) in [6.07, 6.45) is 5.32. The minimum absolute atomic E-state index is 0.0373. The fraction of sp³-hybridized carbons (Fsp3) is 0.586. The van der Waals surface area contributed by atoms with Crippen LogP contribution in [0.5, 0.6) is 0 Å². The SMILES string of the molecule is O=C(CN(CCCN1CCOCC1)C(=O)C1CC1c1ccccc1)N(Cc1ccco1)CC1CCCO1. The first-order valence-electron chi connectivity index (χ1n) is 13.7. The van der Waals surface area contributed by atoms with E-state index in [0.717, 1.165) is 70.9 Å². The maximum atomic E-state index is 13.7. The Morgan fingerprint density at radius 3 is 2.57 bits per heavy atom. The van der Waals surface area contributed by atoms with E-state index in [1.54, 1.807) is 16.1 Å². The Bertz CT molecular complexity index is 986. The third-order valence-electron chi connectivity index (χ3n) is 7.71. The van der Waals surface area contributed by atoms with Gasteiger partial charge < -0.3 is 23.7 Å². The van der Waals surface area contributed by atoms with Crippen LogP contribution < -0.4 is 0 Å². The van der Waals surface area contributed by atoms with Gasteiger partial charge in [-0.2, -0.15) is 0 Å². The van der Waals surface area contributed by atoms with Gasteiger partial charge in [0.05, 0.1) is 38.7 Å². The van der Waals surface area contributed by atoms with Crippen LogP contribution in [0.15, 0.2) is 53.1 Å². The van der Waals surface area contributed by atoms with E-state index in [-0.39, 0.29) is 36.3 Å². The highest BCUT2D eigenvalue weighted by Gasteiger charge is 2.46. The monoisotopic (exact) mass is 509 g/mol. The van der Waals surface area contributed by atoms with Crippen LogP contribution in [0.4, 0.5) is 0 Å². The van der Waals surface area contributed by atoms with Crippen LogP contribution in [0.25, 0.3) is 0 Å². The molecule has 3 unspecified atom stereocenters. The smallest absolute Gasteiger partial charge is 0.242 e. The quantitative estimate of drug-likeness (QED) is 0.438. The lowest BCUT2D eigenvalue weighted by atomic mass is 10.1. The van der Waals surface area contributed by atoms with Crippen LogP contribution in [0.2, 0.25) is 0 Å². The number of rotatable bonds is 12. The lowest BCUT2D eigenvalue weighted by Gasteiger charge is -2.30. The number of morpholine rings is 1. The van der Waals surface area contributed by atoms with Gasteiger partial charge in [-0.1, -0.05) is 30.3 Å². The van der Waals surface area contributed by atoms with Crippen molar-refractivity contribution in [2.75, 3.05) is 59.1 Å². The zero-order valence-corrected chi connectivity index (χ0v) is 21.6. The number of amides is 2. The van der Waals surface area contributed by atoms with Gasteiger partial charge in [-0.05, 0) is 49.3 Å². The van der Waals surface area contributed by atoms with Gasteiger partial charge in [-0.25, -0.2) is 0 Å². The minimum Gasteiger partial charge on any atom is -0.467 e. The molecule has 2 aromatic rings. The summed E-state index contributed by atoms with van der Waals surface area (Å²) in [6, 6.07) is 14.0. The highest BCUT2D eigenvalue weighted by atomic mass is 16.5. The standard InChI is InChI=1S/C29H39N3O5/c33-28(32(20-24-9-4-15-36-24)21-25-10-5-16-37-25)22-31(12-6-11-30-13-17-35-18-14-30)29(34)27-19-26(27)23-7-2-1-3-8-23/h1-4,7-9,15,25-27H,5-6,10-14,16-22H2. The molecule has 3 fully saturated rings. The van der Waals surface area contributed by atoms with Crippen molar-refractivity contribution in [3.63, 3.8) is 0 Å². The van der Waals surface area contributed by atoms with Crippen LogP contribution >= 0.6 is 0 Å². The predicted molar refractivity (Wildman–Crippen MR) is 139 cm³/mol. The van der Waals surface area contributed by atoms with Crippen molar-refractivity contribution in [2.45, 2.75) is 44.2 Å². The first kappa shape index (κ1) is 25.9. The van der Waals surface area contributed by atoms with Crippen LogP contribution in [-0.4, -0.2) is 91.7 Å². The molecule has 0 spiro atoms. The van der Waals surface area contributed by atoms with Gasteiger partial charge >= 0.3 is 0 Å². The summed E-state index contributed by atoms with van der Waals surface area (Å²) >= 11 is 0. The lowest BCUT2D eigenvalue weighted by molar-refractivity contribution is -0.142. The van der Waals surface area contributed by atoms with Crippen molar-refractivity contribution in [3.05, 3.63) is 60.1 Å². The topological polar surface area (TPSA) is 75.5 Å². The van der Waals surface area contributed by atoms with Gasteiger partial charge in [0.1, 0.15) is 5.76 Å². The molecule has 8 heteroatoms. The molecule has 2 saturated heterocycles. The third-order valence-corrected chi connectivity index (χ3v) is 7.71. The van der Waals surface area contributed by atoms with Crippen molar-refractivity contribution >= 4 is 11.8 Å². The highest BCUT2D eigenvalue weighted by molar-refractivity contribution is 5.88. The molecule has 8 nitrogen and oxygen atoms in total. The molecule has 1 saturated carbocycles. The number of ether oxygens (including phenoxy) is 2. The number of nitrogens with zero attached hydrogens (tertiary/aromatic N) is 3. The van der Waals surface area contributed by atoms with Gasteiger partial charge in [-0.3, -0.25) is 14.5 Å². The second-order valence-electron chi connectivity index (χ2n) is 10.4. The van der Waals surface area contributed by atoms with E-state index in [2.05, 4.69) is 17.0 Å². The maximum absolute atomic E-state index is 13.7. The zero-order valence-electron chi connectivity index (χ0n) is 21.6. The summed E-state index contributed by atoms with van der Waals surface area (Å²) in [6.45, 7) is 6.57. The van der Waals surface area contributed by atoms with Crippen LogP contribution in [0, 0.1) is 5.92 Å². The average Bonchev–Trinajstić information content (AvgIpc) is 3.26. The largest absolute Gasteiger partial charge is 0.467 e. The number of hydrogen-bond donors (Lipinski definition) is 0. The second-order valence-corrected chi connectivity index (χ2v) is 10.4. The Hall–Kier alpha value is -2.68. The predicted octanol–water partition coefficient (Wildman–Crippen LogP) is 3.14. The van der Waals surface area contributed by atoms with Crippen LogP contribution in [-0.2, 0) is 25.6 Å². The molecular weight excluding hydrogens is 470 g/mol. The number of benzene rings is 1. The third kappa shape index (κ3) is 7.21. The molecule has 37 heavy (non-hydrogen) atoms. The van der Waals surface area contributed by atoms with Crippen molar-refractivity contribution in [1.29, 1.82) is 0 Å². The van der Waals surface area contributed by atoms with E-state index < -0.39 is 0 Å². The molecule has 1 aromatic carbocycles. The number of carbonyl (C=O) groups excluding carboxylic acids is 2. The molecular formula is C29H39N3O5. The first-order chi connectivity index (χ1) is 18.2. The van der Waals surface area contributed by atoms with E-state index in [0.29, 0.717) is 19.6 Å². The Kier molecular flexibility index (Phi) is 8.92. The van der Waals surface area contributed by atoms with Crippen LogP contribution in [0.3, 0.4) is 0 Å². The van der Waals surface area contributed by atoms with E-state index in [1.165, 1.54) is 5.56 Å². The van der Waals surface area contributed by atoms with Crippen molar-refractivity contribution in [2.24, 2.45) is 5.92 Å². The summed E-state index contributed by atoms with van der Waals surface area (Å²) < 4.78 is 16.8. The maximum Gasteiger partial charge on any atom is 0.242 e. The molecule has 2 aliphatic heterocycles. The second kappa shape index (κ2) is 12.7. The molecule has 0 radical (unpaired) electrons. The molecule has 3 heterocycles. The van der Waals surface area contributed by atoms with Gasteiger partial charge in [-0.15, -0.1) is 0 Å². The van der Waals surface area contributed by atoms with Crippen molar-refractivity contribution in [3.8, 4) is 0 Å². The fourth-order valence-corrected chi connectivity index (χ4v) is 5.49. The molecule has 1 aromatic heterocycles. The average molecular weight is 510 g/mol. The molecule has 3 aliphatic rings. The number of carbonyl (C=O) groups is 2. The van der Waals surface area contributed by atoms with Gasteiger partial charge in [0.25, 0.3) is 0 Å². The van der Waals surface area contributed by atoms with Gasteiger partial charge in [0, 0.05) is 45.2 Å².